The number of aliphatic hydroxyl groups is 1. The van der Waals surface area contributed by atoms with E-state index >= 15 is 0 Å². The van der Waals surface area contributed by atoms with Crippen molar-refractivity contribution in [3.8, 4) is 0 Å². The molecule has 23 heavy (non-hydrogen) atoms. The van der Waals surface area contributed by atoms with E-state index in [2.05, 4.69) is 10.6 Å². The van der Waals surface area contributed by atoms with Crippen LogP contribution in [0.4, 0.5) is 9.18 Å². The number of rotatable bonds is 5. The second-order valence-electron chi connectivity index (χ2n) is 5.52. The summed E-state index contributed by atoms with van der Waals surface area (Å²) in [4.78, 5) is 11.9. The van der Waals surface area contributed by atoms with Gasteiger partial charge in [0.2, 0.25) is 0 Å². The molecule has 0 radical (unpaired) electrons. The van der Waals surface area contributed by atoms with Gasteiger partial charge in [-0.05, 0) is 25.5 Å². The van der Waals surface area contributed by atoms with E-state index in [0.717, 1.165) is 11.1 Å². The number of urea groups is 1. The maximum Gasteiger partial charge on any atom is 0.315 e. The van der Waals surface area contributed by atoms with Crippen LogP contribution in [0.25, 0.3) is 0 Å². The Labute approximate surface area is 135 Å². The maximum absolute atomic E-state index is 13.5. The molecule has 2 atom stereocenters. The Bertz CT molecular complexity index is 658. The van der Waals surface area contributed by atoms with E-state index in [1.54, 1.807) is 12.1 Å². The molecule has 0 bridgehead atoms. The van der Waals surface area contributed by atoms with Gasteiger partial charge in [-0.3, -0.25) is 0 Å². The second kappa shape index (κ2) is 7.74. The molecule has 0 saturated heterocycles. The molecule has 3 N–H and O–H groups in total. The zero-order chi connectivity index (χ0) is 16.8. The smallest absolute Gasteiger partial charge is 0.315 e. The van der Waals surface area contributed by atoms with E-state index in [-0.39, 0.29) is 18.2 Å². The van der Waals surface area contributed by atoms with Crippen LogP contribution < -0.4 is 10.6 Å². The quantitative estimate of drug-likeness (QED) is 0.793. The van der Waals surface area contributed by atoms with Crippen LogP contribution in [0.1, 0.15) is 35.8 Å². The molecule has 4 nitrogen and oxygen atoms in total. The summed E-state index contributed by atoms with van der Waals surface area (Å²) in [5.74, 6) is -0.491. The van der Waals surface area contributed by atoms with Gasteiger partial charge in [0, 0.05) is 12.1 Å². The first-order valence-corrected chi connectivity index (χ1v) is 7.51. The predicted octanol–water partition coefficient (Wildman–Crippen LogP) is 3.23. The van der Waals surface area contributed by atoms with E-state index in [4.69, 9.17) is 0 Å². The minimum atomic E-state index is -1.09. The van der Waals surface area contributed by atoms with Gasteiger partial charge in [-0.25, -0.2) is 9.18 Å². The highest BCUT2D eigenvalue weighted by Crippen LogP contribution is 2.16. The van der Waals surface area contributed by atoms with Crippen molar-refractivity contribution in [2.45, 2.75) is 26.0 Å². The van der Waals surface area contributed by atoms with Crippen molar-refractivity contribution < 1.29 is 14.3 Å². The Balaban J connectivity index is 1.85. The van der Waals surface area contributed by atoms with Crippen LogP contribution in [-0.2, 0) is 0 Å². The monoisotopic (exact) mass is 316 g/mol. The number of amides is 2. The minimum absolute atomic E-state index is 0.0621. The van der Waals surface area contributed by atoms with Crippen molar-refractivity contribution >= 4 is 6.03 Å². The van der Waals surface area contributed by atoms with E-state index < -0.39 is 18.0 Å². The molecule has 0 aliphatic carbocycles. The van der Waals surface area contributed by atoms with Crippen molar-refractivity contribution in [1.82, 2.24) is 10.6 Å². The zero-order valence-electron chi connectivity index (χ0n) is 13.2. The Morgan fingerprint density at radius 2 is 1.83 bits per heavy atom. The number of hydrogen-bond acceptors (Lipinski definition) is 2. The maximum atomic E-state index is 13.5. The Morgan fingerprint density at radius 1 is 1.17 bits per heavy atom. The van der Waals surface area contributed by atoms with Crippen LogP contribution >= 0.6 is 0 Å². The van der Waals surface area contributed by atoms with E-state index in [1.807, 2.05) is 38.1 Å². The van der Waals surface area contributed by atoms with Crippen LogP contribution in [-0.4, -0.2) is 17.7 Å². The molecule has 0 aromatic heterocycles. The van der Waals surface area contributed by atoms with Crippen molar-refractivity contribution in [2.75, 3.05) is 6.54 Å². The summed E-state index contributed by atoms with van der Waals surface area (Å²) in [5, 5.41) is 15.3. The third-order valence-electron chi connectivity index (χ3n) is 3.65. The number of aliphatic hydroxyl groups excluding tert-OH is 1. The first kappa shape index (κ1) is 17.0. The average molecular weight is 316 g/mol. The van der Waals surface area contributed by atoms with Crippen molar-refractivity contribution in [1.29, 1.82) is 0 Å². The Morgan fingerprint density at radius 3 is 2.48 bits per heavy atom. The fraction of sp³-hybridized carbons (Fsp3) is 0.278. The highest BCUT2D eigenvalue weighted by atomic mass is 19.1. The summed E-state index contributed by atoms with van der Waals surface area (Å²) >= 11 is 0. The number of aryl methyl sites for hydroxylation is 1. The molecule has 0 fully saturated rings. The first-order valence-electron chi connectivity index (χ1n) is 7.51. The summed E-state index contributed by atoms with van der Waals surface area (Å²) in [6, 6.07) is 13.3. The van der Waals surface area contributed by atoms with Crippen LogP contribution in [0.15, 0.2) is 48.5 Å². The van der Waals surface area contributed by atoms with E-state index in [0.29, 0.717) is 0 Å². The second-order valence-corrected chi connectivity index (χ2v) is 5.52. The van der Waals surface area contributed by atoms with Crippen LogP contribution in [0, 0.1) is 12.7 Å². The third kappa shape index (κ3) is 4.79. The van der Waals surface area contributed by atoms with Crippen molar-refractivity contribution in [3.05, 3.63) is 71.0 Å². The summed E-state index contributed by atoms with van der Waals surface area (Å²) in [6.45, 7) is 3.81. The Hall–Kier alpha value is -2.40. The van der Waals surface area contributed by atoms with Crippen LogP contribution in [0.2, 0.25) is 0 Å². The van der Waals surface area contributed by atoms with Gasteiger partial charge in [0.05, 0.1) is 12.1 Å². The molecule has 0 aliphatic heterocycles. The molecule has 2 unspecified atom stereocenters. The lowest BCUT2D eigenvalue weighted by molar-refractivity contribution is 0.168. The van der Waals surface area contributed by atoms with Crippen LogP contribution in [0.3, 0.4) is 0 Å². The minimum Gasteiger partial charge on any atom is -0.386 e. The highest BCUT2D eigenvalue weighted by molar-refractivity contribution is 5.74. The van der Waals surface area contributed by atoms with E-state index in [1.165, 1.54) is 12.1 Å². The Kier molecular flexibility index (Phi) is 5.71. The number of carbonyl (C=O) groups excluding carboxylic acids is 1. The topological polar surface area (TPSA) is 61.4 Å². The molecular weight excluding hydrogens is 295 g/mol. The summed E-state index contributed by atoms with van der Waals surface area (Å²) in [5.41, 5.74) is 2.30. The van der Waals surface area contributed by atoms with Gasteiger partial charge in [-0.15, -0.1) is 0 Å². The van der Waals surface area contributed by atoms with Gasteiger partial charge < -0.3 is 15.7 Å². The SMILES string of the molecule is Cc1ccc(C(C)NC(=O)NCC(O)c2ccccc2F)cc1. The number of benzene rings is 2. The van der Waals surface area contributed by atoms with Crippen molar-refractivity contribution in [2.24, 2.45) is 0 Å². The largest absolute Gasteiger partial charge is 0.386 e. The molecule has 5 heteroatoms. The first-order chi connectivity index (χ1) is 11.0. The molecule has 0 spiro atoms. The molecule has 0 saturated carbocycles. The zero-order valence-corrected chi connectivity index (χ0v) is 13.2. The standard InChI is InChI=1S/C18H21FN2O2/c1-12-7-9-14(10-8-12)13(2)21-18(23)20-11-17(22)15-5-3-4-6-16(15)19/h3-10,13,17,22H,11H2,1-2H3,(H2,20,21,23). The summed E-state index contributed by atoms with van der Waals surface area (Å²) < 4.78 is 13.5. The van der Waals surface area contributed by atoms with Gasteiger partial charge in [-0.2, -0.15) is 0 Å². The lowest BCUT2D eigenvalue weighted by Crippen LogP contribution is -2.39. The lowest BCUT2D eigenvalue weighted by atomic mass is 10.1. The summed E-state index contributed by atoms with van der Waals surface area (Å²) in [7, 11) is 0. The lowest BCUT2D eigenvalue weighted by Gasteiger charge is -2.17. The fourth-order valence-corrected chi connectivity index (χ4v) is 2.23. The molecule has 0 heterocycles. The molecule has 2 rings (SSSR count). The van der Waals surface area contributed by atoms with Gasteiger partial charge in [-0.1, -0.05) is 48.0 Å². The van der Waals surface area contributed by atoms with E-state index in [9.17, 15) is 14.3 Å². The molecular formula is C18H21FN2O2. The van der Waals surface area contributed by atoms with Crippen LogP contribution in [0.5, 0.6) is 0 Å². The number of hydrogen-bond donors (Lipinski definition) is 3. The van der Waals surface area contributed by atoms with Crippen molar-refractivity contribution in [3.63, 3.8) is 0 Å². The summed E-state index contributed by atoms with van der Waals surface area (Å²) in [6.07, 6.45) is -1.09. The molecule has 122 valence electrons. The molecule has 2 aromatic carbocycles. The average Bonchev–Trinajstić information content (AvgIpc) is 2.53. The van der Waals surface area contributed by atoms with Gasteiger partial charge in [0.1, 0.15) is 5.82 Å². The van der Waals surface area contributed by atoms with Gasteiger partial charge >= 0.3 is 6.03 Å². The normalized spacial score (nSPS) is 13.2. The molecule has 0 aliphatic rings. The molecule has 2 amide bonds. The number of nitrogens with one attached hydrogen (secondary N) is 2. The number of halogens is 1. The predicted molar refractivity (Wildman–Crippen MR) is 87.5 cm³/mol. The fourth-order valence-electron chi connectivity index (χ4n) is 2.23. The molecule has 2 aromatic rings. The number of carbonyl (C=O) groups is 1. The van der Waals surface area contributed by atoms with Gasteiger partial charge in [0.25, 0.3) is 0 Å². The third-order valence-corrected chi connectivity index (χ3v) is 3.65. The highest BCUT2D eigenvalue weighted by Gasteiger charge is 2.14. The van der Waals surface area contributed by atoms with Gasteiger partial charge in [0.15, 0.2) is 0 Å².